The molecule has 2 aliphatic rings. The van der Waals surface area contributed by atoms with E-state index in [0.29, 0.717) is 29.9 Å². The maximum Gasteiger partial charge on any atom is 0.259 e. The number of benzene rings is 1. The fourth-order valence-corrected chi connectivity index (χ4v) is 3.95. The van der Waals surface area contributed by atoms with Crippen LogP contribution in [0.5, 0.6) is 0 Å². The zero-order valence-corrected chi connectivity index (χ0v) is 14.6. The van der Waals surface area contributed by atoms with Crippen LogP contribution in [0.25, 0.3) is 5.65 Å². The molecule has 1 fully saturated rings. The molecule has 1 saturated heterocycles. The molecular weight excluding hydrogens is 344 g/mol. The number of carbonyl (C=O) groups excluding carboxylic acids is 2. The largest absolute Gasteiger partial charge is 0.361 e. The second-order valence-corrected chi connectivity index (χ2v) is 6.98. The summed E-state index contributed by atoms with van der Waals surface area (Å²) < 4.78 is 1.59. The number of aromatic nitrogens is 3. The minimum atomic E-state index is -0.657. The topological polar surface area (TPSA) is 91.6 Å². The van der Waals surface area contributed by atoms with Crippen LogP contribution in [0.3, 0.4) is 0 Å². The van der Waals surface area contributed by atoms with E-state index >= 15 is 0 Å². The van der Waals surface area contributed by atoms with Gasteiger partial charge >= 0.3 is 0 Å². The Labute approximate surface area is 155 Å². The molecule has 1 aromatic carbocycles. The van der Waals surface area contributed by atoms with Crippen molar-refractivity contribution < 1.29 is 9.59 Å². The second kappa shape index (κ2) is 5.80. The summed E-state index contributed by atoms with van der Waals surface area (Å²) in [6.07, 6.45) is 6.49. The molecule has 1 spiro atoms. The Morgan fingerprint density at radius 3 is 3.00 bits per heavy atom. The zero-order valence-electron chi connectivity index (χ0n) is 14.6. The van der Waals surface area contributed by atoms with Gasteiger partial charge in [0.05, 0.1) is 18.3 Å². The number of fused-ring (bicyclic) bond motifs is 2. The molecule has 0 bridgehead atoms. The van der Waals surface area contributed by atoms with Gasteiger partial charge in [0, 0.05) is 24.6 Å². The average molecular weight is 362 g/mol. The quantitative estimate of drug-likeness (QED) is 0.685. The third-order valence-corrected chi connectivity index (χ3v) is 5.19. The number of anilines is 1. The minimum Gasteiger partial charge on any atom is -0.361 e. The van der Waals surface area contributed by atoms with Crippen LogP contribution in [0.15, 0.2) is 48.9 Å². The van der Waals surface area contributed by atoms with Gasteiger partial charge in [-0.25, -0.2) is 9.50 Å². The number of nitrogens with zero attached hydrogens (tertiary/aromatic N) is 4. The molecule has 2 aliphatic heterocycles. The van der Waals surface area contributed by atoms with Gasteiger partial charge in [0.1, 0.15) is 11.2 Å². The van der Waals surface area contributed by atoms with Crippen LogP contribution >= 0.6 is 0 Å². The molecule has 3 aromatic rings. The zero-order chi connectivity index (χ0) is 18.4. The van der Waals surface area contributed by atoms with E-state index in [0.717, 1.165) is 18.5 Å². The Bertz CT molecular complexity index is 1060. The molecule has 2 aromatic heterocycles. The van der Waals surface area contributed by atoms with Crippen molar-refractivity contribution >= 4 is 23.1 Å². The molecule has 8 heteroatoms. The van der Waals surface area contributed by atoms with E-state index in [1.54, 1.807) is 40.1 Å². The van der Waals surface area contributed by atoms with Gasteiger partial charge in [-0.3, -0.25) is 9.59 Å². The highest BCUT2D eigenvalue weighted by atomic mass is 16.2. The number of carbonyl (C=O) groups is 2. The monoisotopic (exact) mass is 362 g/mol. The molecule has 0 aliphatic carbocycles. The Balaban J connectivity index is 1.45. The third kappa shape index (κ3) is 2.52. The highest BCUT2D eigenvalue weighted by Crippen LogP contribution is 2.31. The maximum absolute atomic E-state index is 13.1. The van der Waals surface area contributed by atoms with Crippen LogP contribution in [-0.2, 0) is 0 Å². The molecule has 4 heterocycles. The standard InChI is InChI=1S/C19H18N6O2/c26-17-13-5-1-2-6-15(13)22-19(23-17)7-3-9-24(12-19)18(27)14-11-21-25-10-4-8-20-16(14)25/h1-2,4-6,8,10-11,22H,3,7,9,12H2,(H,23,26). The van der Waals surface area contributed by atoms with Crippen molar-refractivity contribution in [1.29, 1.82) is 0 Å². The summed E-state index contributed by atoms with van der Waals surface area (Å²) in [5, 5.41) is 10.7. The van der Waals surface area contributed by atoms with Crippen molar-refractivity contribution in [1.82, 2.24) is 24.8 Å². The van der Waals surface area contributed by atoms with E-state index < -0.39 is 5.66 Å². The summed E-state index contributed by atoms with van der Waals surface area (Å²) in [6.45, 7) is 1.01. The van der Waals surface area contributed by atoms with Gasteiger partial charge in [-0.15, -0.1) is 0 Å². The van der Waals surface area contributed by atoms with Crippen LogP contribution < -0.4 is 10.6 Å². The summed E-state index contributed by atoms with van der Waals surface area (Å²) in [5.74, 6) is -0.242. The van der Waals surface area contributed by atoms with Crippen LogP contribution in [0.1, 0.15) is 33.6 Å². The molecule has 5 rings (SSSR count). The molecule has 0 radical (unpaired) electrons. The molecular formula is C19H18N6O2. The number of para-hydroxylation sites is 1. The highest BCUT2D eigenvalue weighted by molar-refractivity contribution is 6.03. The Hall–Kier alpha value is -3.42. The molecule has 27 heavy (non-hydrogen) atoms. The molecule has 1 unspecified atom stereocenters. The first kappa shape index (κ1) is 15.8. The summed E-state index contributed by atoms with van der Waals surface area (Å²) in [6, 6.07) is 9.19. The van der Waals surface area contributed by atoms with Crippen LogP contribution in [0.2, 0.25) is 0 Å². The van der Waals surface area contributed by atoms with Crippen molar-refractivity contribution in [3.8, 4) is 0 Å². The fraction of sp³-hybridized carbons (Fsp3) is 0.263. The van der Waals surface area contributed by atoms with Gasteiger partial charge < -0.3 is 15.5 Å². The van der Waals surface area contributed by atoms with Gasteiger partial charge in [-0.1, -0.05) is 12.1 Å². The summed E-state index contributed by atoms with van der Waals surface area (Å²) in [7, 11) is 0. The van der Waals surface area contributed by atoms with Crippen molar-refractivity contribution in [3.05, 3.63) is 60.0 Å². The molecule has 136 valence electrons. The van der Waals surface area contributed by atoms with Gasteiger partial charge in [0.15, 0.2) is 5.65 Å². The van der Waals surface area contributed by atoms with Crippen molar-refractivity contribution in [3.63, 3.8) is 0 Å². The number of rotatable bonds is 1. The Kier molecular flexibility index (Phi) is 3.40. The van der Waals surface area contributed by atoms with Crippen LogP contribution in [-0.4, -0.2) is 50.1 Å². The number of hydrogen-bond donors (Lipinski definition) is 2. The SMILES string of the molecule is O=C1NC2(CCCN(C(=O)c3cnn4cccnc34)C2)Nc2ccccc21. The lowest BCUT2D eigenvalue weighted by Gasteiger charge is -2.46. The van der Waals surface area contributed by atoms with E-state index in [1.165, 1.54) is 0 Å². The van der Waals surface area contributed by atoms with Crippen molar-refractivity contribution in [2.45, 2.75) is 18.5 Å². The lowest BCUT2D eigenvalue weighted by atomic mass is 9.93. The first-order chi connectivity index (χ1) is 13.2. The molecule has 2 amide bonds. The van der Waals surface area contributed by atoms with E-state index in [1.807, 2.05) is 18.2 Å². The Morgan fingerprint density at radius 1 is 1.19 bits per heavy atom. The second-order valence-electron chi connectivity index (χ2n) is 6.98. The predicted molar refractivity (Wildman–Crippen MR) is 98.4 cm³/mol. The Morgan fingerprint density at radius 2 is 2.07 bits per heavy atom. The average Bonchev–Trinajstić information content (AvgIpc) is 3.11. The number of hydrogen-bond acceptors (Lipinski definition) is 5. The highest BCUT2D eigenvalue weighted by Gasteiger charge is 2.42. The first-order valence-corrected chi connectivity index (χ1v) is 8.93. The van der Waals surface area contributed by atoms with E-state index in [4.69, 9.17) is 0 Å². The number of likely N-dealkylation sites (tertiary alicyclic amines) is 1. The minimum absolute atomic E-state index is 0.115. The molecule has 0 saturated carbocycles. The van der Waals surface area contributed by atoms with E-state index in [9.17, 15) is 9.59 Å². The number of piperidine rings is 1. The molecule has 2 N–H and O–H groups in total. The summed E-state index contributed by atoms with van der Waals surface area (Å²) in [5.41, 5.74) is 1.77. The lowest BCUT2D eigenvalue weighted by Crippen LogP contribution is -2.66. The molecule has 1 atom stereocenters. The van der Waals surface area contributed by atoms with Crippen molar-refractivity contribution in [2.75, 3.05) is 18.4 Å². The van der Waals surface area contributed by atoms with Gasteiger partial charge in [0.2, 0.25) is 0 Å². The first-order valence-electron chi connectivity index (χ1n) is 8.93. The summed E-state index contributed by atoms with van der Waals surface area (Å²) in [4.78, 5) is 31.7. The summed E-state index contributed by atoms with van der Waals surface area (Å²) >= 11 is 0. The normalized spacial score (nSPS) is 21.6. The number of amides is 2. The predicted octanol–water partition coefficient (Wildman–Crippen LogP) is 1.52. The number of nitrogens with one attached hydrogen (secondary N) is 2. The smallest absolute Gasteiger partial charge is 0.259 e. The van der Waals surface area contributed by atoms with Crippen LogP contribution in [0, 0.1) is 0 Å². The maximum atomic E-state index is 13.1. The van der Waals surface area contributed by atoms with Gasteiger partial charge in [-0.05, 0) is 31.0 Å². The van der Waals surface area contributed by atoms with Crippen LogP contribution in [0.4, 0.5) is 5.69 Å². The fourth-order valence-electron chi connectivity index (χ4n) is 3.95. The van der Waals surface area contributed by atoms with Gasteiger partial charge in [-0.2, -0.15) is 5.10 Å². The van der Waals surface area contributed by atoms with E-state index in [-0.39, 0.29) is 11.8 Å². The van der Waals surface area contributed by atoms with Crippen molar-refractivity contribution in [2.24, 2.45) is 0 Å². The third-order valence-electron chi connectivity index (χ3n) is 5.19. The van der Waals surface area contributed by atoms with Gasteiger partial charge in [0.25, 0.3) is 11.8 Å². The lowest BCUT2D eigenvalue weighted by molar-refractivity contribution is 0.0594. The molecule has 8 nitrogen and oxygen atoms in total. The van der Waals surface area contributed by atoms with E-state index in [2.05, 4.69) is 20.7 Å².